The van der Waals surface area contributed by atoms with Crippen LogP contribution in [0.5, 0.6) is 0 Å². The van der Waals surface area contributed by atoms with Crippen LogP contribution in [0.25, 0.3) is 0 Å². The van der Waals surface area contributed by atoms with Gasteiger partial charge in [0.2, 0.25) is 0 Å². The average Bonchev–Trinajstić information content (AvgIpc) is 2.82. The first-order valence-electron chi connectivity index (χ1n) is 4.75. The van der Waals surface area contributed by atoms with Gasteiger partial charge >= 0.3 is 0 Å². The molecule has 2 rings (SSSR count). The first-order valence-corrected chi connectivity index (χ1v) is 4.75. The second-order valence-electron chi connectivity index (χ2n) is 3.78. The summed E-state index contributed by atoms with van der Waals surface area (Å²) >= 11 is 0. The molecule has 4 nitrogen and oxygen atoms in total. The highest BCUT2D eigenvalue weighted by atomic mass is 16.1. The molecule has 74 valence electrons. The lowest BCUT2D eigenvalue weighted by atomic mass is 10.2. The Morgan fingerprint density at radius 2 is 2.36 bits per heavy atom. The van der Waals surface area contributed by atoms with E-state index >= 15 is 0 Å². The zero-order valence-electron chi connectivity index (χ0n) is 8.04. The summed E-state index contributed by atoms with van der Waals surface area (Å²) in [4.78, 5) is 29.1. The third kappa shape index (κ3) is 2.07. The Kier molecular flexibility index (Phi) is 2.19. The van der Waals surface area contributed by atoms with Crippen molar-refractivity contribution in [2.24, 2.45) is 0 Å². The SMILES string of the molecule is CC(=O)Cc1cc(=O)[nH]c(C2CC2)n1. The highest BCUT2D eigenvalue weighted by molar-refractivity contribution is 5.77. The molecule has 0 aliphatic heterocycles. The zero-order valence-corrected chi connectivity index (χ0v) is 8.04. The fourth-order valence-corrected chi connectivity index (χ4v) is 1.42. The maximum absolute atomic E-state index is 11.2. The van der Waals surface area contributed by atoms with E-state index in [1.807, 2.05) is 0 Å². The number of nitrogens with zero attached hydrogens (tertiary/aromatic N) is 1. The van der Waals surface area contributed by atoms with Crippen molar-refractivity contribution in [2.45, 2.75) is 32.1 Å². The Labute approximate surface area is 81.4 Å². The molecule has 1 aromatic heterocycles. The highest BCUT2D eigenvalue weighted by Crippen LogP contribution is 2.37. The summed E-state index contributed by atoms with van der Waals surface area (Å²) in [7, 11) is 0. The van der Waals surface area contributed by atoms with Gasteiger partial charge in [-0.15, -0.1) is 0 Å². The summed E-state index contributed by atoms with van der Waals surface area (Å²) in [5, 5.41) is 0. The van der Waals surface area contributed by atoms with Gasteiger partial charge in [-0.25, -0.2) is 4.98 Å². The Bertz CT molecular complexity index is 418. The smallest absolute Gasteiger partial charge is 0.251 e. The van der Waals surface area contributed by atoms with Crippen LogP contribution in [-0.2, 0) is 11.2 Å². The Morgan fingerprint density at radius 3 is 2.93 bits per heavy atom. The van der Waals surface area contributed by atoms with E-state index in [1.165, 1.54) is 13.0 Å². The second kappa shape index (κ2) is 3.36. The number of aromatic amines is 1. The van der Waals surface area contributed by atoms with Crippen molar-refractivity contribution >= 4 is 5.78 Å². The molecule has 0 unspecified atom stereocenters. The lowest BCUT2D eigenvalue weighted by Crippen LogP contribution is -2.13. The van der Waals surface area contributed by atoms with Crippen molar-refractivity contribution in [1.82, 2.24) is 9.97 Å². The summed E-state index contributed by atoms with van der Waals surface area (Å²) in [5.74, 6) is 1.19. The largest absolute Gasteiger partial charge is 0.310 e. The Hall–Kier alpha value is -1.45. The molecular formula is C10H12N2O2. The molecule has 0 amide bonds. The van der Waals surface area contributed by atoms with Crippen LogP contribution in [0.4, 0.5) is 0 Å². The van der Waals surface area contributed by atoms with Gasteiger partial charge in [-0.1, -0.05) is 0 Å². The number of rotatable bonds is 3. The third-order valence-electron chi connectivity index (χ3n) is 2.21. The van der Waals surface area contributed by atoms with Crippen LogP contribution in [0.15, 0.2) is 10.9 Å². The molecule has 1 N–H and O–H groups in total. The monoisotopic (exact) mass is 192 g/mol. The van der Waals surface area contributed by atoms with Crippen LogP contribution in [0, 0.1) is 0 Å². The molecule has 1 saturated carbocycles. The zero-order chi connectivity index (χ0) is 10.1. The van der Waals surface area contributed by atoms with Gasteiger partial charge in [-0.05, 0) is 19.8 Å². The molecule has 1 fully saturated rings. The van der Waals surface area contributed by atoms with Crippen LogP contribution >= 0.6 is 0 Å². The first kappa shape index (κ1) is 9.12. The molecule has 14 heavy (non-hydrogen) atoms. The number of hydrogen-bond acceptors (Lipinski definition) is 3. The van der Waals surface area contributed by atoms with Gasteiger partial charge in [-0.2, -0.15) is 0 Å². The minimum absolute atomic E-state index is 0.0323. The molecule has 0 spiro atoms. The predicted octanol–water partition coefficient (Wildman–Crippen LogP) is 0.779. The summed E-state index contributed by atoms with van der Waals surface area (Å²) in [6, 6.07) is 1.40. The van der Waals surface area contributed by atoms with E-state index in [0.29, 0.717) is 11.6 Å². The van der Waals surface area contributed by atoms with Crippen molar-refractivity contribution < 1.29 is 4.79 Å². The van der Waals surface area contributed by atoms with Crippen LogP contribution in [0.2, 0.25) is 0 Å². The second-order valence-corrected chi connectivity index (χ2v) is 3.78. The van der Waals surface area contributed by atoms with E-state index in [-0.39, 0.29) is 17.8 Å². The van der Waals surface area contributed by atoms with Crippen LogP contribution in [0.3, 0.4) is 0 Å². The highest BCUT2D eigenvalue weighted by Gasteiger charge is 2.26. The number of H-pyrrole nitrogens is 1. The maximum Gasteiger partial charge on any atom is 0.251 e. The van der Waals surface area contributed by atoms with Gasteiger partial charge in [0.25, 0.3) is 5.56 Å². The number of carbonyl (C=O) groups excluding carboxylic acids is 1. The summed E-state index contributed by atoms with van der Waals surface area (Å²) < 4.78 is 0. The van der Waals surface area contributed by atoms with Gasteiger partial charge < -0.3 is 4.98 Å². The number of aromatic nitrogens is 2. The average molecular weight is 192 g/mol. The summed E-state index contributed by atoms with van der Waals surface area (Å²) in [6.45, 7) is 1.50. The van der Waals surface area contributed by atoms with Crippen molar-refractivity contribution in [3.63, 3.8) is 0 Å². The van der Waals surface area contributed by atoms with Crippen molar-refractivity contribution in [2.75, 3.05) is 0 Å². The van der Waals surface area contributed by atoms with Gasteiger partial charge in [0.15, 0.2) is 0 Å². The number of ketones is 1. The van der Waals surface area contributed by atoms with Gasteiger partial charge in [0, 0.05) is 18.4 Å². The molecule has 0 saturated heterocycles. The molecule has 0 radical (unpaired) electrons. The lowest BCUT2D eigenvalue weighted by Gasteiger charge is -2.00. The standard InChI is InChI=1S/C10H12N2O2/c1-6(13)4-8-5-9(14)12-10(11-8)7-2-3-7/h5,7H,2-4H2,1H3,(H,11,12,14). The van der Waals surface area contributed by atoms with Crippen LogP contribution < -0.4 is 5.56 Å². The van der Waals surface area contributed by atoms with E-state index in [9.17, 15) is 9.59 Å². The summed E-state index contributed by atoms with van der Waals surface area (Å²) in [6.07, 6.45) is 2.43. The van der Waals surface area contributed by atoms with Crippen molar-refractivity contribution in [1.29, 1.82) is 0 Å². The molecule has 1 aromatic rings. The molecule has 1 aliphatic carbocycles. The molecule has 4 heteroatoms. The number of carbonyl (C=O) groups is 1. The quantitative estimate of drug-likeness (QED) is 0.769. The van der Waals surface area contributed by atoms with Crippen molar-refractivity contribution in [3.8, 4) is 0 Å². The molecule has 0 bridgehead atoms. The Balaban J connectivity index is 2.31. The first-order chi connectivity index (χ1) is 6.65. The minimum atomic E-state index is -0.154. The van der Waals surface area contributed by atoms with E-state index < -0.39 is 0 Å². The molecular weight excluding hydrogens is 180 g/mol. The molecule has 0 aromatic carbocycles. The van der Waals surface area contributed by atoms with E-state index in [0.717, 1.165) is 18.7 Å². The molecule has 1 heterocycles. The third-order valence-corrected chi connectivity index (χ3v) is 2.21. The van der Waals surface area contributed by atoms with Gasteiger partial charge in [0.05, 0.1) is 5.69 Å². The predicted molar refractivity (Wildman–Crippen MR) is 51.2 cm³/mol. The normalized spacial score (nSPS) is 15.5. The fraction of sp³-hybridized carbons (Fsp3) is 0.500. The topological polar surface area (TPSA) is 62.8 Å². The Morgan fingerprint density at radius 1 is 1.64 bits per heavy atom. The van der Waals surface area contributed by atoms with Gasteiger partial charge in [0.1, 0.15) is 11.6 Å². The number of hydrogen-bond donors (Lipinski definition) is 1. The van der Waals surface area contributed by atoms with Crippen molar-refractivity contribution in [3.05, 3.63) is 27.9 Å². The van der Waals surface area contributed by atoms with E-state index in [4.69, 9.17) is 0 Å². The summed E-state index contributed by atoms with van der Waals surface area (Å²) in [5.41, 5.74) is 0.432. The van der Waals surface area contributed by atoms with Crippen LogP contribution in [-0.4, -0.2) is 15.8 Å². The molecule has 0 atom stereocenters. The molecule has 1 aliphatic rings. The lowest BCUT2D eigenvalue weighted by molar-refractivity contribution is -0.116. The maximum atomic E-state index is 11.2. The van der Waals surface area contributed by atoms with Crippen LogP contribution in [0.1, 0.15) is 37.2 Å². The number of nitrogens with one attached hydrogen (secondary N) is 1. The minimum Gasteiger partial charge on any atom is -0.310 e. The number of Topliss-reactive ketones (excluding diaryl/α,β-unsaturated/α-hetero) is 1. The van der Waals surface area contributed by atoms with E-state index in [2.05, 4.69) is 9.97 Å². The fourth-order valence-electron chi connectivity index (χ4n) is 1.42. The van der Waals surface area contributed by atoms with E-state index in [1.54, 1.807) is 0 Å². The van der Waals surface area contributed by atoms with Gasteiger partial charge in [-0.3, -0.25) is 9.59 Å².